The third-order valence-corrected chi connectivity index (χ3v) is 3.63. The fraction of sp³-hybridized carbons (Fsp3) is 0.231. The molecule has 0 N–H and O–H groups in total. The molecule has 0 bridgehead atoms. The average Bonchev–Trinajstić information content (AvgIpc) is 3.02. The van der Waals surface area contributed by atoms with Crippen LogP contribution < -0.4 is 0 Å². The van der Waals surface area contributed by atoms with Crippen molar-refractivity contribution in [2.45, 2.75) is 13.3 Å². The number of hydrogen-bond acceptors (Lipinski definition) is 6. The summed E-state index contributed by atoms with van der Waals surface area (Å²) in [6.45, 7) is 2.19. The van der Waals surface area contributed by atoms with Crippen molar-refractivity contribution in [1.82, 2.24) is 19.4 Å². The minimum atomic E-state index is -0.234. The molecule has 0 aromatic carbocycles. The van der Waals surface area contributed by atoms with E-state index in [0.29, 0.717) is 12.3 Å². The zero-order valence-electron chi connectivity index (χ0n) is 10.8. The lowest BCUT2D eigenvalue weighted by molar-refractivity contribution is -0.142. The Morgan fingerprint density at radius 1 is 1.40 bits per heavy atom. The first-order valence-corrected chi connectivity index (χ1v) is 7.03. The molecule has 0 saturated heterocycles. The Balaban J connectivity index is 1.93. The van der Waals surface area contributed by atoms with E-state index in [1.165, 1.54) is 11.3 Å². The second kappa shape index (κ2) is 5.38. The van der Waals surface area contributed by atoms with Crippen LogP contribution in [-0.2, 0) is 16.0 Å². The Labute approximate surface area is 119 Å². The van der Waals surface area contributed by atoms with Gasteiger partial charge in [-0.15, -0.1) is 11.3 Å². The molecule has 0 fully saturated rings. The second-order valence-corrected chi connectivity index (χ2v) is 4.91. The number of rotatable bonds is 4. The molecule has 102 valence electrons. The lowest BCUT2D eigenvalue weighted by Crippen LogP contribution is -2.08. The molecule has 0 radical (unpaired) electrons. The summed E-state index contributed by atoms with van der Waals surface area (Å²) < 4.78 is 6.86. The summed E-state index contributed by atoms with van der Waals surface area (Å²) in [7, 11) is 0. The van der Waals surface area contributed by atoms with Gasteiger partial charge in [0.05, 0.1) is 19.2 Å². The van der Waals surface area contributed by atoms with Gasteiger partial charge in [-0.2, -0.15) is 0 Å². The van der Waals surface area contributed by atoms with Gasteiger partial charge in [-0.3, -0.25) is 19.2 Å². The van der Waals surface area contributed by atoms with E-state index < -0.39 is 0 Å². The number of fused-ring (bicyclic) bond motifs is 1. The van der Waals surface area contributed by atoms with Crippen molar-refractivity contribution in [2.24, 2.45) is 0 Å². The van der Waals surface area contributed by atoms with Gasteiger partial charge in [0.1, 0.15) is 11.4 Å². The Kier molecular flexibility index (Phi) is 3.42. The average molecular weight is 288 g/mol. The first-order valence-electron chi connectivity index (χ1n) is 6.15. The minimum absolute atomic E-state index is 0.234. The molecule has 6 nitrogen and oxygen atoms in total. The molecular weight excluding hydrogens is 276 g/mol. The number of imidazole rings is 1. The van der Waals surface area contributed by atoms with Crippen molar-refractivity contribution in [3.8, 4) is 11.4 Å². The smallest absolute Gasteiger partial charge is 0.311 e. The van der Waals surface area contributed by atoms with E-state index in [2.05, 4.69) is 15.0 Å². The summed E-state index contributed by atoms with van der Waals surface area (Å²) in [6, 6.07) is 0. The molecule has 0 atom stereocenters. The molecule has 0 aliphatic carbocycles. The summed E-state index contributed by atoms with van der Waals surface area (Å²) >= 11 is 1.49. The number of hydrogen-bond donors (Lipinski definition) is 0. The van der Waals surface area contributed by atoms with Gasteiger partial charge in [-0.25, -0.2) is 4.98 Å². The van der Waals surface area contributed by atoms with Crippen molar-refractivity contribution in [1.29, 1.82) is 0 Å². The predicted octanol–water partition coefficient (Wildman–Crippen LogP) is 1.96. The molecule has 0 spiro atoms. The number of carbonyl (C=O) groups excluding carboxylic acids is 1. The van der Waals surface area contributed by atoms with E-state index in [0.717, 1.165) is 16.3 Å². The summed E-state index contributed by atoms with van der Waals surface area (Å²) in [5.74, 6) is -0.234. The zero-order chi connectivity index (χ0) is 13.9. The highest BCUT2D eigenvalue weighted by molar-refractivity contribution is 7.15. The highest BCUT2D eigenvalue weighted by Gasteiger charge is 2.13. The Hall–Kier alpha value is -2.28. The van der Waals surface area contributed by atoms with Gasteiger partial charge in [-0.05, 0) is 6.92 Å². The first kappa shape index (κ1) is 12.7. The van der Waals surface area contributed by atoms with Crippen LogP contribution in [-0.4, -0.2) is 31.9 Å². The van der Waals surface area contributed by atoms with Crippen LogP contribution in [0.25, 0.3) is 16.3 Å². The topological polar surface area (TPSA) is 69.4 Å². The number of ether oxygens (including phenoxy) is 1. The first-order chi connectivity index (χ1) is 9.78. The molecule has 3 aromatic heterocycles. The maximum atomic E-state index is 11.6. The van der Waals surface area contributed by atoms with Crippen LogP contribution in [0.3, 0.4) is 0 Å². The van der Waals surface area contributed by atoms with Crippen LogP contribution in [0.2, 0.25) is 0 Å². The van der Waals surface area contributed by atoms with Crippen LogP contribution in [0.1, 0.15) is 12.6 Å². The van der Waals surface area contributed by atoms with Crippen molar-refractivity contribution >= 4 is 22.3 Å². The molecular formula is C13H12N4O2S. The third kappa shape index (κ3) is 2.39. The SMILES string of the molecule is CCOC(=O)Cc1csc2nc(-c3cnccn3)cn12. The number of esters is 1. The molecule has 0 aliphatic heterocycles. The highest BCUT2D eigenvalue weighted by atomic mass is 32.1. The third-order valence-electron chi connectivity index (χ3n) is 2.74. The van der Waals surface area contributed by atoms with Crippen molar-refractivity contribution < 1.29 is 9.53 Å². The molecule has 0 aliphatic rings. The van der Waals surface area contributed by atoms with Gasteiger partial charge in [0, 0.05) is 29.7 Å². The maximum Gasteiger partial charge on any atom is 0.311 e. The van der Waals surface area contributed by atoms with E-state index in [-0.39, 0.29) is 12.4 Å². The minimum Gasteiger partial charge on any atom is -0.466 e. The Morgan fingerprint density at radius 2 is 2.30 bits per heavy atom. The van der Waals surface area contributed by atoms with Crippen LogP contribution in [0.4, 0.5) is 0 Å². The largest absolute Gasteiger partial charge is 0.466 e. The van der Waals surface area contributed by atoms with Gasteiger partial charge in [-0.1, -0.05) is 0 Å². The van der Waals surface area contributed by atoms with Crippen molar-refractivity contribution in [3.63, 3.8) is 0 Å². The molecule has 20 heavy (non-hydrogen) atoms. The fourth-order valence-corrected chi connectivity index (χ4v) is 2.74. The van der Waals surface area contributed by atoms with E-state index >= 15 is 0 Å². The Morgan fingerprint density at radius 3 is 3.05 bits per heavy atom. The van der Waals surface area contributed by atoms with Gasteiger partial charge in [0.2, 0.25) is 0 Å². The van der Waals surface area contributed by atoms with Gasteiger partial charge < -0.3 is 4.74 Å². The second-order valence-electron chi connectivity index (χ2n) is 4.08. The molecule has 3 rings (SSSR count). The van der Waals surface area contributed by atoms with Crippen LogP contribution in [0.15, 0.2) is 30.2 Å². The van der Waals surface area contributed by atoms with E-state index in [1.54, 1.807) is 25.5 Å². The molecule has 3 aromatic rings. The summed E-state index contributed by atoms with van der Waals surface area (Å²) in [5, 5.41) is 1.92. The van der Waals surface area contributed by atoms with Crippen molar-refractivity contribution in [2.75, 3.05) is 6.61 Å². The highest BCUT2D eigenvalue weighted by Crippen LogP contribution is 2.22. The van der Waals surface area contributed by atoms with Crippen molar-refractivity contribution in [3.05, 3.63) is 35.9 Å². The normalized spacial score (nSPS) is 10.8. The molecule has 7 heteroatoms. The molecule has 0 unspecified atom stereocenters. The quantitative estimate of drug-likeness (QED) is 0.686. The Bertz CT molecular complexity index is 735. The van der Waals surface area contributed by atoms with E-state index in [1.807, 2.05) is 16.0 Å². The van der Waals surface area contributed by atoms with Gasteiger partial charge >= 0.3 is 5.97 Å². The van der Waals surface area contributed by atoms with E-state index in [4.69, 9.17) is 4.74 Å². The number of thiazole rings is 1. The number of carbonyl (C=O) groups is 1. The fourth-order valence-electron chi connectivity index (χ4n) is 1.87. The monoisotopic (exact) mass is 288 g/mol. The lowest BCUT2D eigenvalue weighted by atomic mass is 10.3. The number of nitrogens with zero attached hydrogens (tertiary/aromatic N) is 4. The molecule has 3 heterocycles. The lowest BCUT2D eigenvalue weighted by Gasteiger charge is -2.00. The van der Waals surface area contributed by atoms with Crippen LogP contribution >= 0.6 is 11.3 Å². The van der Waals surface area contributed by atoms with E-state index in [9.17, 15) is 4.79 Å². The number of aromatic nitrogens is 4. The molecule has 0 saturated carbocycles. The van der Waals surface area contributed by atoms with Gasteiger partial charge in [0.25, 0.3) is 0 Å². The zero-order valence-corrected chi connectivity index (χ0v) is 11.6. The van der Waals surface area contributed by atoms with Crippen LogP contribution in [0, 0.1) is 0 Å². The maximum absolute atomic E-state index is 11.6. The van der Waals surface area contributed by atoms with Crippen LogP contribution in [0.5, 0.6) is 0 Å². The molecule has 0 amide bonds. The summed E-state index contributed by atoms with van der Waals surface area (Å²) in [5.41, 5.74) is 2.33. The standard InChI is InChI=1S/C13H12N4O2S/c1-2-19-12(18)5-9-8-20-13-16-11(7-17(9)13)10-6-14-3-4-15-10/h3-4,6-8H,2,5H2,1H3. The summed E-state index contributed by atoms with van der Waals surface area (Å²) in [6.07, 6.45) is 7.02. The van der Waals surface area contributed by atoms with Gasteiger partial charge in [0.15, 0.2) is 4.96 Å². The predicted molar refractivity (Wildman–Crippen MR) is 74.4 cm³/mol. The summed E-state index contributed by atoms with van der Waals surface area (Å²) in [4.78, 5) is 25.1.